The number of carbonyl (C=O) groups is 1. The van der Waals surface area contributed by atoms with E-state index in [1.54, 1.807) is 36.7 Å². The number of pyridine rings is 1. The number of anilines is 1. The number of amides is 1. The zero-order valence-corrected chi connectivity index (χ0v) is 19.6. The maximum atomic E-state index is 13.4. The van der Waals surface area contributed by atoms with Crippen LogP contribution in [-0.4, -0.2) is 43.8 Å². The first kappa shape index (κ1) is 21.9. The van der Waals surface area contributed by atoms with Gasteiger partial charge in [-0.05, 0) is 49.6 Å². The number of aryl methyl sites for hydroxylation is 1. The standard InChI is InChI=1S/C23H22N4O4S2/c1-14-6-7-19-25-20(24-11-15-4-2-8-30-15)17(21(28)26(19)12-14)10-18-22(29)27(23(32)33-18)13-16-5-3-9-31-16/h3,5-7,9-10,12,15,24H,2,4,8,11,13H2,1H3/b18-10-/t15-/m0/s1. The first-order valence-electron chi connectivity index (χ1n) is 10.7. The van der Waals surface area contributed by atoms with E-state index in [0.29, 0.717) is 38.6 Å². The molecule has 1 atom stereocenters. The Hall–Kier alpha value is -2.95. The van der Waals surface area contributed by atoms with E-state index in [9.17, 15) is 9.59 Å². The van der Waals surface area contributed by atoms with Gasteiger partial charge in [0.25, 0.3) is 11.5 Å². The third kappa shape index (κ3) is 4.46. The second-order valence-corrected chi connectivity index (χ2v) is 9.65. The molecule has 0 radical (unpaired) electrons. The summed E-state index contributed by atoms with van der Waals surface area (Å²) in [6.45, 7) is 3.43. The molecule has 0 unspecified atom stereocenters. The Balaban J connectivity index is 1.52. The van der Waals surface area contributed by atoms with Crippen LogP contribution in [0.3, 0.4) is 0 Å². The zero-order valence-electron chi connectivity index (χ0n) is 17.9. The van der Waals surface area contributed by atoms with E-state index < -0.39 is 0 Å². The molecule has 5 rings (SSSR count). The number of carbonyl (C=O) groups excluding carboxylic acids is 1. The lowest BCUT2D eigenvalue weighted by atomic mass is 10.2. The van der Waals surface area contributed by atoms with Crippen LogP contribution < -0.4 is 10.9 Å². The van der Waals surface area contributed by atoms with Gasteiger partial charge >= 0.3 is 0 Å². The number of furan rings is 1. The number of thiocarbonyl (C=S) groups is 1. The molecule has 0 aliphatic carbocycles. The smallest absolute Gasteiger partial charge is 0.267 e. The Labute approximate surface area is 199 Å². The number of nitrogens with zero attached hydrogens (tertiary/aromatic N) is 3. The molecule has 2 aliphatic heterocycles. The van der Waals surface area contributed by atoms with Crippen LogP contribution >= 0.6 is 24.0 Å². The minimum Gasteiger partial charge on any atom is -0.467 e. The topological polar surface area (TPSA) is 89.1 Å². The molecule has 3 aromatic heterocycles. The molecule has 1 amide bonds. The summed E-state index contributed by atoms with van der Waals surface area (Å²) in [4.78, 5) is 33.0. The summed E-state index contributed by atoms with van der Waals surface area (Å²) >= 11 is 6.59. The van der Waals surface area contributed by atoms with Gasteiger partial charge in [-0.1, -0.05) is 30.0 Å². The third-order valence-corrected chi connectivity index (χ3v) is 6.95. The highest BCUT2D eigenvalue weighted by Gasteiger charge is 2.33. The van der Waals surface area contributed by atoms with Gasteiger partial charge in [-0.3, -0.25) is 18.9 Å². The van der Waals surface area contributed by atoms with Crippen molar-refractivity contribution in [2.24, 2.45) is 0 Å². The van der Waals surface area contributed by atoms with Gasteiger partial charge in [0.05, 0.1) is 29.4 Å². The fraction of sp³-hybridized carbons (Fsp3) is 0.304. The highest BCUT2D eigenvalue weighted by molar-refractivity contribution is 8.26. The molecule has 0 aromatic carbocycles. The minimum atomic E-state index is -0.264. The van der Waals surface area contributed by atoms with Crippen molar-refractivity contribution >= 4 is 51.7 Å². The van der Waals surface area contributed by atoms with E-state index in [-0.39, 0.29) is 24.1 Å². The monoisotopic (exact) mass is 482 g/mol. The Kier molecular flexibility index (Phi) is 6.05. The predicted octanol–water partition coefficient (Wildman–Crippen LogP) is 3.59. The second kappa shape index (κ2) is 9.12. The van der Waals surface area contributed by atoms with E-state index >= 15 is 0 Å². The molecule has 1 N–H and O–H groups in total. The number of ether oxygens (including phenoxy) is 1. The summed E-state index contributed by atoms with van der Waals surface area (Å²) in [6.07, 6.45) is 6.93. The summed E-state index contributed by atoms with van der Waals surface area (Å²) in [7, 11) is 0. The molecule has 2 aliphatic rings. The van der Waals surface area contributed by atoms with Gasteiger partial charge < -0.3 is 14.5 Å². The second-order valence-electron chi connectivity index (χ2n) is 7.98. The average molecular weight is 483 g/mol. The average Bonchev–Trinajstić information content (AvgIpc) is 3.55. The van der Waals surface area contributed by atoms with Crippen molar-refractivity contribution in [1.82, 2.24) is 14.3 Å². The quantitative estimate of drug-likeness (QED) is 0.421. The lowest BCUT2D eigenvalue weighted by molar-refractivity contribution is -0.122. The van der Waals surface area contributed by atoms with Crippen LogP contribution in [0, 0.1) is 6.92 Å². The minimum absolute atomic E-state index is 0.0719. The highest BCUT2D eigenvalue weighted by Crippen LogP contribution is 2.34. The number of hydrogen-bond acceptors (Lipinski definition) is 8. The number of fused-ring (bicyclic) bond motifs is 1. The van der Waals surface area contributed by atoms with Gasteiger partial charge in [0.15, 0.2) is 0 Å². The van der Waals surface area contributed by atoms with Crippen LogP contribution in [0.2, 0.25) is 0 Å². The van der Waals surface area contributed by atoms with Crippen LogP contribution in [0.5, 0.6) is 0 Å². The summed E-state index contributed by atoms with van der Waals surface area (Å²) in [5.41, 5.74) is 1.52. The number of aromatic nitrogens is 2. The molecule has 170 valence electrons. The lowest BCUT2D eigenvalue weighted by Crippen LogP contribution is -2.27. The van der Waals surface area contributed by atoms with Gasteiger partial charge in [0.1, 0.15) is 21.5 Å². The molecule has 0 saturated carbocycles. The number of nitrogens with one attached hydrogen (secondary N) is 1. The van der Waals surface area contributed by atoms with Crippen LogP contribution in [0.1, 0.15) is 29.7 Å². The van der Waals surface area contributed by atoms with Gasteiger partial charge in [-0.2, -0.15) is 0 Å². The molecule has 10 heteroatoms. The molecule has 0 spiro atoms. The predicted molar refractivity (Wildman–Crippen MR) is 131 cm³/mol. The molecule has 2 fully saturated rings. The van der Waals surface area contributed by atoms with Crippen molar-refractivity contribution in [3.05, 3.63) is 68.9 Å². The van der Waals surface area contributed by atoms with E-state index in [1.807, 2.05) is 13.0 Å². The molecular formula is C23H22N4O4S2. The van der Waals surface area contributed by atoms with Crippen molar-refractivity contribution < 1.29 is 13.9 Å². The van der Waals surface area contributed by atoms with Gasteiger partial charge in [-0.25, -0.2) is 4.98 Å². The molecule has 33 heavy (non-hydrogen) atoms. The molecule has 0 bridgehead atoms. The maximum absolute atomic E-state index is 13.4. The van der Waals surface area contributed by atoms with Crippen molar-refractivity contribution in [3.8, 4) is 0 Å². The Morgan fingerprint density at radius 3 is 2.97 bits per heavy atom. The van der Waals surface area contributed by atoms with E-state index in [0.717, 1.165) is 25.0 Å². The third-order valence-electron chi connectivity index (χ3n) is 5.57. The summed E-state index contributed by atoms with van der Waals surface area (Å²) in [5, 5.41) is 3.27. The molecule has 5 heterocycles. The Morgan fingerprint density at radius 2 is 2.21 bits per heavy atom. The summed E-state index contributed by atoms with van der Waals surface area (Å²) < 4.78 is 13.0. The summed E-state index contributed by atoms with van der Waals surface area (Å²) in [6, 6.07) is 7.27. The van der Waals surface area contributed by atoms with Gasteiger partial charge in [0.2, 0.25) is 0 Å². The molecular weight excluding hydrogens is 460 g/mol. The molecule has 3 aromatic rings. The zero-order chi connectivity index (χ0) is 22.9. The first-order valence-corrected chi connectivity index (χ1v) is 11.9. The van der Waals surface area contributed by atoms with Crippen LogP contribution in [-0.2, 0) is 16.1 Å². The molecule has 2 saturated heterocycles. The van der Waals surface area contributed by atoms with Crippen molar-refractivity contribution in [2.75, 3.05) is 18.5 Å². The number of rotatable bonds is 6. The van der Waals surface area contributed by atoms with Crippen LogP contribution in [0.4, 0.5) is 5.82 Å². The lowest BCUT2D eigenvalue weighted by Gasteiger charge is -2.14. The van der Waals surface area contributed by atoms with E-state index in [4.69, 9.17) is 21.4 Å². The number of hydrogen-bond donors (Lipinski definition) is 1. The van der Waals surface area contributed by atoms with Crippen molar-refractivity contribution in [3.63, 3.8) is 0 Å². The van der Waals surface area contributed by atoms with E-state index in [2.05, 4.69) is 10.3 Å². The summed E-state index contributed by atoms with van der Waals surface area (Å²) in [5.74, 6) is 0.797. The molecule has 8 nitrogen and oxygen atoms in total. The van der Waals surface area contributed by atoms with Gasteiger partial charge in [0, 0.05) is 19.3 Å². The van der Waals surface area contributed by atoms with Gasteiger partial charge in [-0.15, -0.1) is 0 Å². The number of thioether (sulfide) groups is 1. The Morgan fingerprint density at radius 1 is 1.33 bits per heavy atom. The fourth-order valence-electron chi connectivity index (χ4n) is 3.87. The SMILES string of the molecule is Cc1ccc2nc(NC[C@@H]3CCCO3)c(/C=C3\SC(=S)N(Cc4ccco4)C3=O)c(=O)n2c1. The normalized spacial score (nSPS) is 19.8. The first-order chi connectivity index (χ1) is 16.0. The van der Waals surface area contributed by atoms with Crippen molar-refractivity contribution in [2.45, 2.75) is 32.4 Å². The fourth-order valence-corrected chi connectivity index (χ4v) is 5.10. The van der Waals surface area contributed by atoms with Crippen LogP contribution in [0.15, 0.2) is 50.8 Å². The van der Waals surface area contributed by atoms with Crippen molar-refractivity contribution in [1.29, 1.82) is 0 Å². The van der Waals surface area contributed by atoms with Crippen LogP contribution in [0.25, 0.3) is 11.7 Å². The Bertz CT molecular complexity index is 1310. The largest absolute Gasteiger partial charge is 0.467 e. The van der Waals surface area contributed by atoms with E-state index in [1.165, 1.54) is 21.1 Å². The maximum Gasteiger partial charge on any atom is 0.267 e. The highest BCUT2D eigenvalue weighted by atomic mass is 32.2.